The van der Waals surface area contributed by atoms with E-state index in [1.165, 1.54) is 65.8 Å². The van der Waals surface area contributed by atoms with Crippen LogP contribution in [0.2, 0.25) is 0 Å². The van der Waals surface area contributed by atoms with Gasteiger partial charge in [-0.25, -0.2) is 0 Å². The number of rotatable bonds is 3. The van der Waals surface area contributed by atoms with Crippen molar-refractivity contribution in [1.29, 1.82) is 0 Å². The molecule has 0 unspecified atom stereocenters. The van der Waals surface area contributed by atoms with Gasteiger partial charge < -0.3 is 9.30 Å². The maximum atomic E-state index is 6.44. The first-order valence-corrected chi connectivity index (χ1v) is 15.8. The molecule has 2 nitrogen and oxygen atoms in total. The first-order chi connectivity index (χ1) is 22.8. The fraction of sp³-hybridized carbons (Fsp3) is 0. The number of benzene rings is 8. The minimum atomic E-state index is 0.906. The van der Waals surface area contributed by atoms with Crippen LogP contribution in [0.1, 0.15) is 0 Å². The monoisotopic (exact) mass is 585 g/mol. The lowest BCUT2D eigenvalue weighted by atomic mass is 9.87. The predicted octanol–water partition coefficient (Wildman–Crippen LogP) is 12.2. The van der Waals surface area contributed by atoms with Crippen molar-refractivity contribution in [3.8, 4) is 50.6 Å². The van der Waals surface area contributed by atoms with Crippen LogP contribution < -0.4 is 4.74 Å². The van der Waals surface area contributed by atoms with E-state index in [9.17, 15) is 0 Å². The van der Waals surface area contributed by atoms with Crippen molar-refractivity contribution in [2.75, 3.05) is 0 Å². The molecule has 0 fully saturated rings. The minimum absolute atomic E-state index is 0.906. The lowest BCUT2D eigenvalue weighted by Gasteiger charge is -2.23. The highest BCUT2D eigenvalue weighted by molar-refractivity contribution is 6.22. The van der Waals surface area contributed by atoms with Crippen molar-refractivity contribution in [2.45, 2.75) is 0 Å². The number of hydrogen-bond acceptors (Lipinski definition) is 1. The predicted molar refractivity (Wildman–Crippen MR) is 192 cm³/mol. The van der Waals surface area contributed by atoms with E-state index in [0.717, 1.165) is 28.1 Å². The van der Waals surface area contributed by atoms with E-state index >= 15 is 0 Å². The molecular formula is C44H27NO. The lowest BCUT2D eigenvalue weighted by molar-refractivity contribution is 0.487. The molecule has 1 aromatic heterocycles. The SMILES string of the molecule is c1ccc(-n2c3c(-c4ccccc4-c4ccc5c6c(cccc46)-c4ccccc4O5)cccc3c3ccc4ccccc4c32)cc1. The van der Waals surface area contributed by atoms with Gasteiger partial charge in [-0.1, -0.05) is 140 Å². The zero-order chi connectivity index (χ0) is 30.2. The molecule has 1 aliphatic rings. The van der Waals surface area contributed by atoms with Crippen LogP contribution in [0.3, 0.4) is 0 Å². The van der Waals surface area contributed by atoms with Gasteiger partial charge in [0.1, 0.15) is 11.5 Å². The molecule has 0 bridgehead atoms. The van der Waals surface area contributed by atoms with Crippen molar-refractivity contribution >= 4 is 43.4 Å². The third-order valence-corrected chi connectivity index (χ3v) is 9.60. The average Bonchev–Trinajstić information content (AvgIpc) is 3.48. The van der Waals surface area contributed by atoms with Crippen molar-refractivity contribution in [2.24, 2.45) is 0 Å². The molecule has 0 saturated heterocycles. The topological polar surface area (TPSA) is 14.2 Å². The fourth-order valence-electron chi connectivity index (χ4n) is 7.65. The molecule has 2 heteroatoms. The molecule has 0 atom stereocenters. The van der Waals surface area contributed by atoms with Gasteiger partial charge in [0.2, 0.25) is 0 Å². The number of ether oxygens (including phenoxy) is 1. The number of para-hydroxylation sites is 3. The summed E-state index contributed by atoms with van der Waals surface area (Å²) < 4.78 is 8.92. The number of hydrogen-bond donors (Lipinski definition) is 0. The van der Waals surface area contributed by atoms with Crippen molar-refractivity contribution in [3.63, 3.8) is 0 Å². The number of fused-ring (bicyclic) bond motifs is 7. The summed E-state index contributed by atoms with van der Waals surface area (Å²) in [6.45, 7) is 0. The van der Waals surface area contributed by atoms with Gasteiger partial charge in [0, 0.05) is 38.4 Å². The van der Waals surface area contributed by atoms with Gasteiger partial charge >= 0.3 is 0 Å². The Hall–Kier alpha value is -6.12. The summed E-state index contributed by atoms with van der Waals surface area (Å²) in [5.74, 6) is 1.81. The van der Waals surface area contributed by atoms with Gasteiger partial charge in [-0.05, 0) is 57.3 Å². The maximum Gasteiger partial charge on any atom is 0.135 e. The minimum Gasteiger partial charge on any atom is -0.456 e. The molecule has 1 aliphatic heterocycles. The molecule has 9 aromatic rings. The van der Waals surface area contributed by atoms with Crippen molar-refractivity contribution in [1.82, 2.24) is 4.57 Å². The van der Waals surface area contributed by atoms with E-state index in [1.807, 2.05) is 6.07 Å². The van der Waals surface area contributed by atoms with Gasteiger partial charge in [0.25, 0.3) is 0 Å². The molecule has 0 aliphatic carbocycles. The summed E-state index contributed by atoms with van der Waals surface area (Å²) in [6.07, 6.45) is 0. The van der Waals surface area contributed by atoms with Crippen LogP contribution >= 0.6 is 0 Å². The Kier molecular flexibility index (Phi) is 5.31. The van der Waals surface area contributed by atoms with Crippen LogP contribution in [-0.2, 0) is 0 Å². The summed E-state index contributed by atoms with van der Waals surface area (Å²) in [5.41, 5.74) is 10.8. The van der Waals surface area contributed by atoms with Crippen LogP contribution in [0, 0.1) is 0 Å². The van der Waals surface area contributed by atoms with Crippen LogP contribution in [-0.4, -0.2) is 4.57 Å². The highest BCUT2D eigenvalue weighted by Crippen LogP contribution is 2.50. The van der Waals surface area contributed by atoms with E-state index in [2.05, 4.69) is 162 Å². The van der Waals surface area contributed by atoms with Gasteiger partial charge in [-0.2, -0.15) is 0 Å². The number of nitrogens with zero attached hydrogens (tertiary/aromatic N) is 1. The zero-order valence-corrected chi connectivity index (χ0v) is 24.9. The fourth-order valence-corrected chi connectivity index (χ4v) is 7.65. The molecule has 8 aromatic carbocycles. The van der Waals surface area contributed by atoms with Gasteiger partial charge in [0.05, 0.1) is 11.0 Å². The highest BCUT2D eigenvalue weighted by Gasteiger charge is 2.23. The smallest absolute Gasteiger partial charge is 0.135 e. The summed E-state index contributed by atoms with van der Waals surface area (Å²) in [7, 11) is 0. The number of aromatic nitrogens is 1. The Balaban J connectivity index is 1.30. The first-order valence-electron chi connectivity index (χ1n) is 15.8. The van der Waals surface area contributed by atoms with Gasteiger partial charge in [-0.15, -0.1) is 0 Å². The Morgan fingerprint density at radius 3 is 1.83 bits per heavy atom. The maximum absolute atomic E-state index is 6.44. The summed E-state index contributed by atoms with van der Waals surface area (Å²) in [6, 6.07) is 59.0. The standard InChI is InChI=1S/C44H27NO/c1-2-13-29(14-3-1)45-43-30-15-5-4-12-28(30)24-25-39(43)38-22-11-21-37(44(38)45)32-17-7-6-16-31(32)33-26-27-41-42-35(33)19-10-20-36(42)34-18-8-9-23-40(34)46-41/h1-27H. The van der Waals surface area contributed by atoms with Gasteiger partial charge in [0.15, 0.2) is 0 Å². The van der Waals surface area contributed by atoms with E-state index in [1.54, 1.807) is 0 Å². The van der Waals surface area contributed by atoms with E-state index in [-0.39, 0.29) is 0 Å². The summed E-state index contributed by atoms with van der Waals surface area (Å²) in [5, 5.41) is 7.36. The molecule has 2 heterocycles. The molecular weight excluding hydrogens is 558 g/mol. The quantitative estimate of drug-likeness (QED) is 0.201. The van der Waals surface area contributed by atoms with Crippen LogP contribution in [0.15, 0.2) is 164 Å². The molecule has 0 saturated carbocycles. The second-order valence-electron chi connectivity index (χ2n) is 12.0. The molecule has 214 valence electrons. The van der Waals surface area contributed by atoms with Gasteiger partial charge in [-0.3, -0.25) is 0 Å². The Labute approximate surface area is 266 Å². The normalized spacial score (nSPS) is 12.1. The summed E-state index contributed by atoms with van der Waals surface area (Å²) in [4.78, 5) is 0. The van der Waals surface area contributed by atoms with Crippen LogP contribution in [0.4, 0.5) is 0 Å². The summed E-state index contributed by atoms with van der Waals surface area (Å²) >= 11 is 0. The van der Waals surface area contributed by atoms with Crippen LogP contribution in [0.25, 0.3) is 82.4 Å². The zero-order valence-electron chi connectivity index (χ0n) is 24.9. The Morgan fingerprint density at radius 1 is 0.326 bits per heavy atom. The van der Waals surface area contributed by atoms with Crippen LogP contribution in [0.5, 0.6) is 11.5 Å². The van der Waals surface area contributed by atoms with Crippen molar-refractivity contribution in [3.05, 3.63) is 164 Å². The first kappa shape index (κ1) is 25.2. The largest absolute Gasteiger partial charge is 0.456 e. The molecule has 10 rings (SSSR count). The highest BCUT2D eigenvalue weighted by atomic mass is 16.5. The van der Waals surface area contributed by atoms with E-state index in [4.69, 9.17) is 4.74 Å². The molecule has 0 amide bonds. The molecule has 0 radical (unpaired) electrons. The lowest BCUT2D eigenvalue weighted by Crippen LogP contribution is -1.98. The third kappa shape index (κ3) is 3.53. The molecule has 46 heavy (non-hydrogen) atoms. The second kappa shape index (κ2) is 9.69. The molecule has 0 spiro atoms. The second-order valence-corrected chi connectivity index (χ2v) is 12.0. The third-order valence-electron chi connectivity index (χ3n) is 9.60. The van der Waals surface area contributed by atoms with E-state index in [0.29, 0.717) is 0 Å². The van der Waals surface area contributed by atoms with E-state index < -0.39 is 0 Å². The average molecular weight is 586 g/mol. The Morgan fingerprint density at radius 2 is 0.957 bits per heavy atom. The Bertz CT molecular complexity index is 2660. The van der Waals surface area contributed by atoms with Crippen molar-refractivity contribution < 1.29 is 4.74 Å². The molecule has 0 N–H and O–H groups in total.